The Kier molecular flexibility index (Phi) is 2.61. The van der Waals surface area contributed by atoms with Gasteiger partial charge < -0.3 is 4.52 Å². The highest BCUT2D eigenvalue weighted by molar-refractivity contribution is 9.10. The van der Waals surface area contributed by atoms with Crippen molar-refractivity contribution in [2.24, 2.45) is 0 Å². The molecule has 1 aromatic carbocycles. The standard InChI is InChI=1S/C10H7BrClNO/c1-6-9(11)10(13-14-6)7-3-2-4-8(12)5-7/h2-5H,1H3. The molecular formula is C10H7BrClNO. The van der Waals surface area contributed by atoms with Gasteiger partial charge in [-0.25, -0.2) is 0 Å². The van der Waals surface area contributed by atoms with E-state index in [-0.39, 0.29) is 0 Å². The van der Waals surface area contributed by atoms with Gasteiger partial charge in [-0.2, -0.15) is 0 Å². The molecule has 4 heteroatoms. The molecule has 0 atom stereocenters. The fourth-order valence-corrected chi connectivity index (χ4v) is 1.74. The molecule has 72 valence electrons. The van der Waals surface area contributed by atoms with Gasteiger partial charge in [0.1, 0.15) is 11.5 Å². The average Bonchev–Trinajstić information content (AvgIpc) is 2.48. The third kappa shape index (κ3) is 1.70. The predicted molar refractivity (Wildman–Crippen MR) is 59.4 cm³/mol. The van der Waals surface area contributed by atoms with Crippen molar-refractivity contribution < 1.29 is 4.52 Å². The van der Waals surface area contributed by atoms with E-state index in [2.05, 4.69) is 21.1 Å². The molecule has 0 amide bonds. The molecule has 1 heterocycles. The molecule has 0 N–H and O–H groups in total. The minimum Gasteiger partial charge on any atom is -0.360 e. The minimum absolute atomic E-state index is 0.690. The quantitative estimate of drug-likeness (QED) is 0.782. The molecule has 2 aromatic rings. The van der Waals surface area contributed by atoms with E-state index in [4.69, 9.17) is 16.1 Å². The van der Waals surface area contributed by atoms with Gasteiger partial charge >= 0.3 is 0 Å². The number of halogens is 2. The maximum atomic E-state index is 5.88. The number of nitrogens with zero attached hydrogens (tertiary/aromatic N) is 1. The van der Waals surface area contributed by atoms with Crippen molar-refractivity contribution in [3.05, 3.63) is 39.5 Å². The predicted octanol–water partition coefficient (Wildman–Crippen LogP) is 4.07. The molecule has 0 fully saturated rings. The highest BCUT2D eigenvalue weighted by Crippen LogP contribution is 2.30. The molecule has 0 aliphatic rings. The lowest BCUT2D eigenvalue weighted by molar-refractivity contribution is 0.399. The van der Waals surface area contributed by atoms with Crippen molar-refractivity contribution in [1.82, 2.24) is 5.16 Å². The lowest BCUT2D eigenvalue weighted by Gasteiger charge is -1.96. The van der Waals surface area contributed by atoms with Crippen LogP contribution in [0.1, 0.15) is 5.76 Å². The first kappa shape index (κ1) is 9.74. The molecule has 2 rings (SSSR count). The first-order chi connectivity index (χ1) is 6.68. The summed E-state index contributed by atoms with van der Waals surface area (Å²) in [6, 6.07) is 7.50. The van der Waals surface area contributed by atoms with Crippen LogP contribution >= 0.6 is 27.5 Å². The van der Waals surface area contributed by atoms with Crippen LogP contribution in [-0.4, -0.2) is 5.16 Å². The van der Waals surface area contributed by atoms with E-state index >= 15 is 0 Å². The third-order valence-electron chi connectivity index (χ3n) is 1.89. The maximum absolute atomic E-state index is 5.88. The molecule has 0 bridgehead atoms. The number of aromatic nitrogens is 1. The first-order valence-corrected chi connectivity index (χ1v) is 5.23. The number of aryl methyl sites for hydroxylation is 1. The highest BCUT2D eigenvalue weighted by Gasteiger charge is 2.11. The van der Waals surface area contributed by atoms with Crippen molar-refractivity contribution in [2.45, 2.75) is 6.92 Å². The molecule has 0 aliphatic carbocycles. The molecule has 0 spiro atoms. The fourth-order valence-electron chi connectivity index (χ4n) is 1.18. The molecule has 0 radical (unpaired) electrons. The Labute approximate surface area is 95.0 Å². The number of rotatable bonds is 1. The zero-order chi connectivity index (χ0) is 10.1. The zero-order valence-electron chi connectivity index (χ0n) is 7.42. The van der Waals surface area contributed by atoms with Gasteiger partial charge in [-0.05, 0) is 35.0 Å². The van der Waals surface area contributed by atoms with Crippen molar-refractivity contribution in [3.63, 3.8) is 0 Å². The zero-order valence-corrected chi connectivity index (χ0v) is 9.76. The van der Waals surface area contributed by atoms with Gasteiger partial charge in [-0.15, -0.1) is 0 Å². The van der Waals surface area contributed by atoms with Crippen molar-refractivity contribution >= 4 is 27.5 Å². The second-order valence-corrected chi connectivity index (χ2v) is 4.14. The van der Waals surface area contributed by atoms with E-state index in [0.29, 0.717) is 5.02 Å². The smallest absolute Gasteiger partial charge is 0.148 e. The van der Waals surface area contributed by atoms with E-state index < -0.39 is 0 Å². The van der Waals surface area contributed by atoms with E-state index in [1.165, 1.54) is 0 Å². The molecule has 0 unspecified atom stereocenters. The maximum Gasteiger partial charge on any atom is 0.148 e. The molecule has 0 aliphatic heterocycles. The van der Waals surface area contributed by atoms with Gasteiger partial charge in [0.2, 0.25) is 0 Å². The van der Waals surface area contributed by atoms with Crippen LogP contribution < -0.4 is 0 Å². The Morgan fingerprint density at radius 2 is 2.21 bits per heavy atom. The summed E-state index contributed by atoms with van der Waals surface area (Å²) in [7, 11) is 0. The van der Waals surface area contributed by atoms with Gasteiger partial charge in [0.05, 0.1) is 4.47 Å². The second kappa shape index (κ2) is 3.75. The van der Waals surface area contributed by atoms with Crippen LogP contribution in [0.5, 0.6) is 0 Å². The summed E-state index contributed by atoms with van der Waals surface area (Å²) in [6.07, 6.45) is 0. The fraction of sp³-hybridized carbons (Fsp3) is 0.100. The topological polar surface area (TPSA) is 26.0 Å². The van der Waals surface area contributed by atoms with Crippen LogP contribution in [0.15, 0.2) is 33.3 Å². The van der Waals surface area contributed by atoms with Crippen molar-refractivity contribution in [2.75, 3.05) is 0 Å². The Morgan fingerprint density at radius 1 is 1.43 bits per heavy atom. The van der Waals surface area contributed by atoms with E-state index in [0.717, 1.165) is 21.5 Å². The van der Waals surface area contributed by atoms with Crippen LogP contribution in [0.3, 0.4) is 0 Å². The van der Waals surface area contributed by atoms with Crippen LogP contribution in [0, 0.1) is 6.92 Å². The van der Waals surface area contributed by atoms with Crippen LogP contribution in [-0.2, 0) is 0 Å². The summed E-state index contributed by atoms with van der Waals surface area (Å²) in [5, 5.41) is 4.64. The first-order valence-electron chi connectivity index (χ1n) is 4.06. The largest absolute Gasteiger partial charge is 0.360 e. The van der Waals surface area contributed by atoms with Gasteiger partial charge in [0.25, 0.3) is 0 Å². The number of benzene rings is 1. The number of hydrogen-bond donors (Lipinski definition) is 0. The van der Waals surface area contributed by atoms with Crippen molar-refractivity contribution in [1.29, 1.82) is 0 Å². The molecule has 1 aromatic heterocycles. The van der Waals surface area contributed by atoms with Gasteiger partial charge in [-0.3, -0.25) is 0 Å². The van der Waals surface area contributed by atoms with Crippen molar-refractivity contribution in [3.8, 4) is 11.3 Å². The third-order valence-corrected chi connectivity index (χ3v) is 3.06. The van der Waals surface area contributed by atoms with Gasteiger partial charge in [-0.1, -0.05) is 28.9 Å². The normalized spacial score (nSPS) is 10.5. The summed E-state index contributed by atoms with van der Waals surface area (Å²) in [5.41, 5.74) is 1.73. The highest BCUT2D eigenvalue weighted by atomic mass is 79.9. The molecule has 0 saturated carbocycles. The summed E-state index contributed by atoms with van der Waals surface area (Å²) < 4.78 is 5.92. The summed E-state index contributed by atoms with van der Waals surface area (Å²) in [5.74, 6) is 0.764. The molecule has 14 heavy (non-hydrogen) atoms. The van der Waals surface area contributed by atoms with E-state index in [1.54, 1.807) is 0 Å². The van der Waals surface area contributed by atoms with Gasteiger partial charge in [0, 0.05) is 10.6 Å². The Bertz CT molecular complexity index is 467. The second-order valence-electron chi connectivity index (χ2n) is 2.91. The van der Waals surface area contributed by atoms with E-state index in [1.807, 2.05) is 31.2 Å². The Balaban J connectivity index is 2.55. The Hall–Kier alpha value is -0.800. The Morgan fingerprint density at radius 3 is 2.79 bits per heavy atom. The minimum atomic E-state index is 0.690. The summed E-state index contributed by atoms with van der Waals surface area (Å²) >= 11 is 9.29. The molecule has 2 nitrogen and oxygen atoms in total. The SMILES string of the molecule is Cc1onc(-c2cccc(Cl)c2)c1Br. The lowest BCUT2D eigenvalue weighted by atomic mass is 10.1. The summed E-state index contributed by atoms with van der Waals surface area (Å²) in [4.78, 5) is 0. The lowest BCUT2D eigenvalue weighted by Crippen LogP contribution is -1.77. The van der Waals surface area contributed by atoms with Gasteiger partial charge in [0.15, 0.2) is 0 Å². The van der Waals surface area contributed by atoms with E-state index in [9.17, 15) is 0 Å². The monoisotopic (exact) mass is 271 g/mol. The van der Waals surface area contributed by atoms with Crippen LogP contribution in [0.25, 0.3) is 11.3 Å². The molecule has 0 saturated heterocycles. The average molecular weight is 273 g/mol. The summed E-state index contributed by atoms with van der Waals surface area (Å²) in [6.45, 7) is 1.85. The number of hydrogen-bond acceptors (Lipinski definition) is 2. The van der Waals surface area contributed by atoms with Crippen LogP contribution in [0.4, 0.5) is 0 Å². The van der Waals surface area contributed by atoms with Crippen LogP contribution in [0.2, 0.25) is 5.02 Å². The molecular weight excluding hydrogens is 265 g/mol.